The Kier molecular flexibility index (Phi) is 4.37. The number of tetrazole rings is 1. The predicted molar refractivity (Wildman–Crippen MR) is 106 cm³/mol. The zero-order valence-corrected chi connectivity index (χ0v) is 15.4. The monoisotopic (exact) mass is 374 g/mol. The largest absolute Gasteiger partial charge is 0.322 e. The van der Waals surface area contributed by atoms with Crippen molar-refractivity contribution < 1.29 is 4.79 Å². The van der Waals surface area contributed by atoms with E-state index in [4.69, 9.17) is 0 Å². The maximum Gasteiger partial charge on any atom is 0.255 e. The molecule has 0 bridgehead atoms. The lowest BCUT2D eigenvalue weighted by atomic mass is 10.1. The van der Waals surface area contributed by atoms with E-state index < -0.39 is 0 Å². The molecule has 1 heterocycles. The highest BCUT2D eigenvalue weighted by atomic mass is 16.1. The first-order valence-corrected chi connectivity index (χ1v) is 9.75. The third-order valence-corrected chi connectivity index (χ3v) is 5.50. The third kappa shape index (κ3) is 3.80. The van der Waals surface area contributed by atoms with Crippen LogP contribution in [-0.4, -0.2) is 39.1 Å². The summed E-state index contributed by atoms with van der Waals surface area (Å²) in [5.41, 5.74) is 3.54. The number of aromatic amines is 1. The van der Waals surface area contributed by atoms with Crippen molar-refractivity contribution in [1.82, 2.24) is 25.9 Å². The van der Waals surface area contributed by atoms with E-state index in [-0.39, 0.29) is 5.91 Å². The van der Waals surface area contributed by atoms with E-state index in [2.05, 4.69) is 43.4 Å². The summed E-state index contributed by atoms with van der Waals surface area (Å²) in [4.78, 5) is 12.5. The minimum Gasteiger partial charge on any atom is -0.322 e. The van der Waals surface area contributed by atoms with Crippen molar-refractivity contribution >= 4 is 11.6 Å². The number of benzene rings is 2. The second-order valence-electron chi connectivity index (χ2n) is 7.69. The Hall–Kier alpha value is -3.06. The van der Waals surface area contributed by atoms with Crippen molar-refractivity contribution in [3.8, 4) is 11.4 Å². The lowest BCUT2D eigenvalue weighted by Crippen LogP contribution is -2.20. The van der Waals surface area contributed by atoms with E-state index in [0.29, 0.717) is 23.3 Å². The van der Waals surface area contributed by atoms with Gasteiger partial charge in [-0.1, -0.05) is 24.3 Å². The zero-order chi connectivity index (χ0) is 18.9. The van der Waals surface area contributed by atoms with Crippen LogP contribution in [0.4, 0.5) is 5.69 Å². The summed E-state index contributed by atoms with van der Waals surface area (Å²) in [6.07, 6.45) is 3.99. The molecule has 0 saturated heterocycles. The van der Waals surface area contributed by atoms with Gasteiger partial charge in [0, 0.05) is 28.8 Å². The summed E-state index contributed by atoms with van der Waals surface area (Å²) in [6.45, 7) is 1.17. The molecule has 5 rings (SSSR count). The first-order chi connectivity index (χ1) is 13.8. The Bertz CT molecular complexity index is 948. The Labute approximate surface area is 162 Å². The van der Waals surface area contributed by atoms with Crippen LogP contribution >= 0.6 is 0 Å². The Morgan fingerprint density at radius 3 is 2.54 bits per heavy atom. The molecule has 2 saturated carbocycles. The minimum atomic E-state index is -0.136. The summed E-state index contributed by atoms with van der Waals surface area (Å²) in [6, 6.07) is 16.0. The van der Waals surface area contributed by atoms with Gasteiger partial charge in [-0.15, -0.1) is 10.2 Å². The van der Waals surface area contributed by atoms with Crippen LogP contribution in [0.3, 0.4) is 0 Å². The molecule has 2 aliphatic rings. The van der Waals surface area contributed by atoms with Crippen LogP contribution in [0.1, 0.15) is 41.1 Å². The highest BCUT2D eigenvalue weighted by Crippen LogP contribution is 2.41. The van der Waals surface area contributed by atoms with Crippen LogP contribution in [0.5, 0.6) is 0 Å². The summed E-state index contributed by atoms with van der Waals surface area (Å²) < 4.78 is 0. The number of hydrogen-bond donors (Lipinski definition) is 3. The number of aromatic nitrogens is 4. The van der Waals surface area contributed by atoms with Crippen molar-refractivity contribution in [2.24, 2.45) is 5.92 Å². The number of nitrogens with one attached hydrogen (secondary N) is 3. The number of H-pyrrole nitrogens is 1. The number of carbonyl (C=O) groups is 1. The second-order valence-corrected chi connectivity index (χ2v) is 7.69. The molecular weight excluding hydrogens is 352 g/mol. The molecule has 0 radical (unpaired) electrons. The number of carbonyl (C=O) groups excluding carboxylic acids is 1. The molecule has 3 aromatic rings. The topological polar surface area (TPSA) is 95.6 Å². The van der Waals surface area contributed by atoms with Crippen molar-refractivity contribution in [3.63, 3.8) is 0 Å². The third-order valence-electron chi connectivity index (χ3n) is 5.50. The van der Waals surface area contributed by atoms with Gasteiger partial charge < -0.3 is 10.6 Å². The molecule has 2 aromatic carbocycles. The van der Waals surface area contributed by atoms with Gasteiger partial charge in [-0.3, -0.25) is 4.79 Å². The van der Waals surface area contributed by atoms with Gasteiger partial charge >= 0.3 is 0 Å². The Morgan fingerprint density at radius 1 is 1.07 bits per heavy atom. The van der Waals surface area contributed by atoms with Gasteiger partial charge in [0.25, 0.3) is 5.91 Å². The van der Waals surface area contributed by atoms with Gasteiger partial charge in [-0.05, 0) is 66.8 Å². The summed E-state index contributed by atoms with van der Waals surface area (Å²) in [7, 11) is 0. The summed E-state index contributed by atoms with van der Waals surface area (Å²) in [5.74, 6) is 1.90. The highest BCUT2D eigenvalue weighted by molar-refractivity contribution is 6.04. The average molecular weight is 374 g/mol. The normalized spacial score (nSPS) is 20.7. The van der Waals surface area contributed by atoms with Crippen LogP contribution in [0.15, 0.2) is 48.5 Å². The van der Waals surface area contributed by atoms with Gasteiger partial charge in [-0.2, -0.15) is 5.21 Å². The minimum absolute atomic E-state index is 0.136. The summed E-state index contributed by atoms with van der Waals surface area (Å²) in [5, 5.41) is 20.4. The Balaban J connectivity index is 1.17. The predicted octanol–water partition coefficient (Wildman–Crippen LogP) is 2.97. The van der Waals surface area contributed by atoms with Gasteiger partial charge in [0.2, 0.25) is 5.82 Å². The second kappa shape index (κ2) is 7.16. The number of anilines is 1. The van der Waals surface area contributed by atoms with Crippen LogP contribution in [0.2, 0.25) is 0 Å². The first-order valence-electron chi connectivity index (χ1n) is 9.75. The van der Waals surface area contributed by atoms with Gasteiger partial charge in [0.15, 0.2) is 0 Å². The molecule has 2 aliphatic carbocycles. The number of hydrogen-bond acceptors (Lipinski definition) is 5. The molecule has 28 heavy (non-hydrogen) atoms. The van der Waals surface area contributed by atoms with Crippen LogP contribution < -0.4 is 10.6 Å². The number of amides is 1. The molecule has 7 heteroatoms. The molecule has 0 aliphatic heterocycles. The smallest absolute Gasteiger partial charge is 0.255 e. The van der Waals surface area contributed by atoms with Crippen molar-refractivity contribution in [2.45, 2.75) is 31.2 Å². The van der Waals surface area contributed by atoms with Gasteiger partial charge in [-0.25, -0.2) is 0 Å². The molecule has 2 fully saturated rings. The van der Waals surface area contributed by atoms with Crippen molar-refractivity contribution in [3.05, 3.63) is 59.7 Å². The Morgan fingerprint density at radius 2 is 1.86 bits per heavy atom. The van der Waals surface area contributed by atoms with Gasteiger partial charge in [0.1, 0.15) is 0 Å². The van der Waals surface area contributed by atoms with E-state index >= 15 is 0 Å². The molecule has 7 nitrogen and oxygen atoms in total. The van der Waals surface area contributed by atoms with E-state index in [0.717, 1.165) is 17.2 Å². The van der Waals surface area contributed by atoms with E-state index in [1.807, 2.05) is 24.3 Å². The molecule has 1 amide bonds. The van der Waals surface area contributed by atoms with Gasteiger partial charge in [0.05, 0.1) is 0 Å². The van der Waals surface area contributed by atoms with Crippen molar-refractivity contribution in [2.75, 3.05) is 11.9 Å². The molecule has 1 aromatic heterocycles. The first kappa shape index (κ1) is 17.1. The van der Waals surface area contributed by atoms with Crippen LogP contribution in [-0.2, 0) is 0 Å². The fraction of sp³-hybridized carbons (Fsp3) is 0.333. The number of nitrogens with zero attached hydrogens (tertiary/aromatic N) is 3. The molecular formula is C21H22N6O. The van der Waals surface area contributed by atoms with E-state index in [9.17, 15) is 4.79 Å². The zero-order valence-electron chi connectivity index (χ0n) is 15.4. The fourth-order valence-electron chi connectivity index (χ4n) is 3.50. The SMILES string of the molecule is O=C(Nc1ccc(C2CC2NCC2CC2)cc1)c1ccc(-c2nn[nH]n2)cc1. The maximum atomic E-state index is 12.5. The maximum absolute atomic E-state index is 12.5. The van der Waals surface area contributed by atoms with Crippen LogP contribution in [0.25, 0.3) is 11.4 Å². The summed E-state index contributed by atoms with van der Waals surface area (Å²) >= 11 is 0. The standard InChI is InChI=1S/C21H22N6O/c28-21(16-5-3-15(4-6-16)20-24-26-27-25-20)23-17-9-7-14(8-10-17)18-11-19(18)22-12-13-1-2-13/h3-10,13,18-19,22H,1-2,11-12H2,(H,23,28)(H,24,25,26,27). The van der Waals surface area contributed by atoms with E-state index in [1.54, 1.807) is 12.1 Å². The molecule has 3 N–H and O–H groups in total. The van der Waals surface area contributed by atoms with Crippen molar-refractivity contribution in [1.29, 1.82) is 0 Å². The lowest BCUT2D eigenvalue weighted by Gasteiger charge is -2.08. The molecule has 142 valence electrons. The van der Waals surface area contributed by atoms with E-state index in [1.165, 1.54) is 31.4 Å². The molecule has 2 unspecified atom stereocenters. The quantitative estimate of drug-likeness (QED) is 0.591. The fourth-order valence-corrected chi connectivity index (χ4v) is 3.50. The average Bonchev–Trinajstić information content (AvgIpc) is 3.64. The highest BCUT2D eigenvalue weighted by Gasteiger charge is 2.38. The molecule has 2 atom stereocenters. The lowest BCUT2D eigenvalue weighted by molar-refractivity contribution is 0.102. The molecule has 0 spiro atoms. The van der Waals surface area contributed by atoms with Crippen LogP contribution in [0, 0.1) is 5.92 Å². The number of rotatable bonds is 7.